The summed E-state index contributed by atoms with van der Waals surface area (Å²) >= 11 is 0. The van der Waals surface area contributed by atoms with Crippen LogP contribution in [-0.2, 0) is 4.79 Å². The second-order valence-corrected chi connectivity index (χ2v) is 15.1. The van der Waals surface area contributed by atoms with Crippen LogP contribution in [0.3, 0.4) is 0 Å². The highest BCUT2D eigenvalue weighted by Gasteiger charge is 2.70. The van der Waals surface area contributed by atoms with Crippen molar-refractivity contribution in [2.45, 2.75) is 112 Å². The van der Waals surface area contributed by atoms with E-state index in [0.717, 1.165) is 51.4 Å². The molecule has 0 saturated heterocycles. The van der Waals surface area contributed by atoms with Crippen LogP contribution < -0.4 is 0 Å². The average Bonchev–Trinajstić information content (AvgIpc) is 2.77. The first-order valence-corrected chi connectivity index (χ1v) is 14.0. The van der Waals surface area contributed by atoms with Crippen molar-refractivity contribution >= 4 is 5.97 Å². The van der Waals surface area contributed by atoms with Gasteiger partial charge < -0.3 is 20.4 Å². The molecule has 0 aromatic carbocycles. The van der Waals surface area contributed by atoms with Crippen LogP contribution in [0.2, 0.25) is 0 Å². The molecule has 0 radical (unpaired) electrons. The number of aliphatic hydroxyl groups excluding tert-OH is 3. The summed E-state index contributed by atoms with van der Waals surface area (Å²) in [7, 11) is 0. The lowest BCUT2D eigenvalue weighted by atomic mass is 9.33. The number of hydrogen-bond acceptors (Lipinski definition) is 4. The number of aliphatic hydroxyl groups is 3. The van der Waals surface area contributed by atoms with E-state index in [1.54, 1.807) is 0 Å². The number of allylic oxidation sites excluding steroid dienone is 2. The summed E-state index contributed by atoms with van der Waals surface area (Å²) in [6, 6.07) is 0. The Balaban J connectivity index is 1.61. The van der Waals surface area contributed by atoms with Gasteiger partial charge in [-0.3, -0.25) is 4.79 Å². The summed E-state index contributed by atoms with van der Waals surface area (Å²) in [6.07, 6.45) is 8.40. The maximum atomic E-state index is 12.8. The number of hydrogen-bond donors (Lipinski definition) is 4. The zero-order valence-electron chi connectivity index (χ0n) is 22.7. The minimum Gasteiger partial charge on any atom is -0.481 e. The molecule has 4 N–H and O–H groups in total. The molecular weight excluding hydrogens is 440 g/mol. The van der Waals surface area contributed by atoms with Crippen LogP contribution in [0.5, 0.6) is 0 Å². The largest absolute Gasteiger partial charge is 0.481 e. The second-order valence-electron chi connectivity index (χ2n) is 15.1. The van der Waals surface area contributed by atoms with Crippen molar-refractivity contribution in [3.8, 4) is 0 Å². The smallest absolute Gasteiger partial charge is 0.310 e. The number of rotatable bonds is 2. The van der Waals surface area contributed by atoms with Gasteiger partial charge in [-0.05, 0) is 97.2 Å². The molecule has 0 aromatic heterocycles. The third kappa shape index (κ3) is 3.07. The molecule has 0 bridgehead atoms. The second kappa shape index (κ2) is 7.57. The van der Waals surface area contributed by atoms with Gasteiger partial charge in [0, 0.05) is 5.41 Å². The van der Waals surface area contributed by atoms with Crippen LogP contribution in [0, 0.1) is 50.2 Å². The van der Waals surface area contributed by atoms with Crippen LogP contribution in [-0.4, -0.2) is 45.2 Å². The topological polar surface area (TPSA) is 98.0 Å². The molecule has 5 aliphatic carbocycles. The van der Waals surface area contributed by atoms with Gasteiger partial charge >= 0.3 is 5.97 Å². The highest BCUT2D eigenvalue weighted by atomic mass is 16.4. The Hall–Kier alpha value is -0.910. The number of carboxylic acids is 1. The number of carboxylic acid groups (broad SMARTS) is 1. The van der Waals surface area contributed by atoms with Crippen molar-refractivity contribution in [2.24, 2.45) is 50.2 Å². The highest BCUT2D eigenvalue weighted by molar-refractivity contribution is 5.76. The molecule has 35 heavy (non-hydrogen) atoms. The molecule has 0 unspecified atom stereocenters. The van der Waals surface area contributed by atoms with Gasteiger partial charge in [0.15, 0.2) is 0 Å². The SMILES string of the molecule is CC1(C)CC[C@]2(C(=O)O)CC[C@]3(C)C(=CC[C@@H]4[C@@]5(C)C[C@@H](O)[C@H](O)[C@](C)(CO)[C@@H]5CC[C@]43C)[C@@H]2C1. The Morgan fingerprint density at radius 2 is 1.60 bits per heavy atom. The van der Waals surface area contributed by atoms with Crippen LogP contribution in [0.15, 0.2) is 11.6 Å². The van der Waals surface area contributed by atoms with Crippen molar-refractivity contribution in [3.63, 3.8) is 0 Å². The van der Waals surface area contributed by atoms with Crippen molar-refractivity contribution in [1.29, 1.82) is 0 Å². The predicted octanol–water partition coefficient (Wildman–Crippen LogP) is 5.18. The van der Waals surface area contributed by atoms with E-state index in [-0.39, 0.29) is 40.1 Å². The lowest BCUT2D eigenvalue weighted by Crippen LogP contribution is -2.68. The van der Waals surface area contributed by atoms with E-state index in [1.165, 1.54) is 5.57 Å². The average molecular weight is 489 g/mol. The molecule has 198 valence electrons. The molecule has 0 amide bonds. The van der Waals surface area contributed by atoms with Gasteiger partial charge in [-0.25, -0.2) is 0 Å². The summed E-state index contributed by atoms with van der Waals surface area (Å²) < 4.78 is 0. The summed E-state index contributed by atoms with van der Waals surface area (Å²) in [5, 5.41) is 42.8. The molecule has 0 spiro atoms. The molecule has 4 saturated carbocycles. The van der Waals surface area contributed by atoms with Crippen molar-refractivity contribution in [2.75, 3.05) is 6.61 Å². The van der Waals surface area contributed by atoms with Crippen LogP contribution in [0.25, 0.3) is 0 Å². The van der Waals surface area contributed by atoms with E-state index in [4.69, 9.17) is 0 Å². The first-order chi connectivity index (χ1) is 16.1. The zero-order valence-corrected chi connectivity index (χ0v) is 22.7. The third-order valence-corrected chi connectivity index (χ3v) is 13.2. The maximum absolute atomic E-state index is 12.8. The van der Waals surface area contributed by atoms with Crippen molar-refractivity contribution in [3.05, 3.63) is 11.6 Å². The van der Waals surface area contributed by atoms with E-state index in [9.17, 15) is 25.2 Å². The molecule has 5 rings (SSSR count). The summed E-state index contributed by atoms with van der Waals surface area (Å²) in [4.78, 5) is 12.8. The Kier molecular flexibility index (Phi) is 5.56. The van der Waals surface area contributed by atoms with Gasteiger partial charge in [-0.1, -0.05) is 53.2 Å². The van der Waals surface area contributed by atoms with Crippen molar-refractivity contribution < 1.29 is 25.2 Å². The first kappa shape index (κ1) is 25.7. The molecule has 0 aliphatic heterocycles. The van der Waals surface area contributed by atoms with E-state index in [0.29, 0.717) is 12.3 Å². The number of aliphatic carboxylic acids is 1. The molecule has 5 nitrogen and oxygen atoms in total. The summed E-state index contributed by atoms with van der Waals surface area (Å²) in [5.41, 5.74) is -0.0632. The maximum Gasteiger partial charge on any atom is 0.310 e. The van der Waals surface area contributed by atoms with Crippen LogP contribution in [0.1, 0.15) is 99.3 Å². The molecule has 10 atom stereocenters. The molecule has 4 fully saturated rings. The third-order valence-electron chi connectivity index (χ3n) is 13.2. The quantitative estimate of drug-likeness (QED) is 0.402. The molecular formula is C30H48O5. The normalized spacial score (nSPS) is 55.0. The minimum atomic E-state index is -0.907. The van der Waals surface area contributed by atoms with Crippen LogP contribution >= 0.6 is 0 Å². The van der Waals surface area contributed by atoms with Gasteiger partial charge in [0.1, 0.15) is 0 Å². The summed E-state index contributed by atoms with van der Waals surface area (Å²) in [5.74, 6) is -0.0472. The Morgan fingerprint density at radius 1 is 0.943 bits per heavy atom. The van der Waals surface area contributed by atoms with Gasteiger partial charge in [-0.2, -0.15) is 0 Å². The molecule has 5 heteroatoms. The number of carbonyl (C=O) groups is 1. The fourth-order valence-electron chi connectivity index (χ4n) is 10.8. The Morgan fingerprint density at radius 3 is 2.23 bits per heavy atom. The van der Waals surface area contributed by atoms with Gasteiger partial charge in [0.2, 0.25) is 0 Å². The fourth-order valence-corrected chi connectivity index (χ4v) is 10.8. The molecule has 0 aromatic rings. The van der Waals surface area contributed by atoms with Crippen LogP contribution in [0.4, 0.5) is 0 Å². The zero-order chi connectivity index (χ0) is 25.8. The van der Waals surface area contributed by atoms with E-state index in [2.05, 4.69) is 40.7 Å². The summed E-state index contributed by atoms with van der Waals surface area (Å²) in [6.45, 7) is 13.6. The number of fused-ring (bicyclic) bond motifs is 7. The van der Waals surface area contributed by atoms with Gasteiger partial charge in [-0.15, -0.1) is 0 Å². The van der Waals surface area contributed by atoms with E-state index >= 15 is 0 Å². The molecule has 5 aliphatic rings. The van der Waals surface area contributed by atoms with E-state index < -0.39 is 29.0 Å². The highest BCUT2D eigenvalue weighted by Crippen LogP contribution is 2.75. The lowest BCUT2D eigenvalue weighted by Gasteiger charge is -2.71. The monoisotopic (exact) mass is 488 g/mol. The first-order valence-electron chi connectivity index (χ1n) is 14.0. The standard InChI is InChI=1S/C30H48O5/c1-25(2)11-13-30(24(34)35)14-12-28(5)18(19(30)15-25)7-8-22-26(3)16-20(32)23(33)27(4,17-31)21(26)9-10-29(22,28)6/h7,19-23,31-33H,8-17H2,1-6H3,(H,34,35)/t19-,20+,21+,22+,23-,26-,27+,28+,29+,30-/m0/s1. The fraction of sp³-hybridized carbons (Fsp3) is 0.900. The van der Waals surface area contributed by atoms with Gasteiger partial charge in [0.05, 0.1) is 24.2 Å². The van der Waals surface area contributed by atoms with E-state index in [1.807, 2.05) is 6.92 Å². The molecule has 0 heterocycles. The Labute approximate surface area is 211 Å². The Bertz CT molecular complexity index is 941. The predicted molar refractivity (Wildman–Crippen MR) is 135 cm³/mol. The van der Waals surface area contributed by atoms with Crippen molar-refractivity contribution in [1.82, 2.24) is 0 Å². The lowest BCUT2D eigenvalue weighted by molar-refractivity contribution is -0.243. The minimum absolute atomic E-state index is 0.00698. The van der Waals surface area contributed by atoms with Gasteiger partial charge in [0.25, 0.3) is 0 Å².